The molecule has 10 nitrogen and oxygen atoms in total. The largest absolute Gasteiger partial charge is 0.465 e. The van der Waals surface area contributed by atoms with Crippen molar-refractivity contribution < 1.29 is 46.3 Å². The third kappa shape index (κ3) is 3.25. The number of rotatable bonds is 7. The van der Waals surface area contributed by atoms with Gasteiger partial charge in [0.25, 0.3) is 10.1 Å². The van der Waals surface area contributed by atoms with Crippen molar-refractivity contribution in [2.24, 2.45) is 28.6 Å². The van der Waals surface area contributed by atoms with Crippen molar-refractivity contribution in [3.8, 4) is 0 Å². The molecule has 0 amide bonds. The maximum Gasteiger partial charge on any atom is 0.326 e. The highest BCUT2D eigenvalue weighted by atomic mass is 32.2. The highest BCUT2D eigenvalue weighted by Gasteiger charge is 2.77. The lowest BCUT2D eigenvalue weighted by Gasteiger charge is -2.55. The molecule has 4 saturated carbocycles. The monoisotopic (exact) mass is 484 g/mol. The van der Waals surface area contributed by atoms with Gasteiger partial charge in [0.05, 0.1) is 17.8 Å². The van der Waals surface area contributed by atoms with Crippen molar-refractivity contribution in [1.29, 1.82) is 0 Å². The van der Waals surface area contributed by atoms with E-state index in [4.69, 9.17) is 23.5 Å². The van der Waals surface area contributed by atoms with E-state index in [1.165, 1.54) is 19.3 Å². The Morgan fingerprint density at radius 3 is 2.27 bits per heavy atom. The fraction of sp³-hybridized carbons (Fsp3) is 0.864. The summed E-state index contributed by atoms with van der Waals surface area (Å²) >= 11 is 0. The van der Waals surface area contributed by atoms with Gasteiger partial charge in [-0.1, -0.05) is 0 Å². The molecule has 3 aliphatic heterocycles. The van der Waals surface area contributed by atoms with Gasteiger partial charge in [-0.25, -0.2) is 0 Å². The van der Waals surface area contributed by atoms with Crippen LogP contribution in [-0.4, -0.2) is 67.7 Å². The average Bonchev–Trinajstić information content (AvgIpc) is 3.32. The zero-order valence-corrected chi connectivity index (χ0v) is 19.0. The van der Waals surface area contributed by atoms with Crippen LogP contribution in [-0.2, 0) is 43.4 Å². The number of fused-ring (bicyclic) bond motifs is 1. The van der Waals surface area contributed by atoms with E-state index in [9.17, 15) is 22.8 Å². The molecule has 5 unspecified atom stereocenters. The van der Waals surface area contributed by atoms with Crippen LogP contribution in [0.3, 0.4) is 0 Å². The lowest BCUT2D eigenvalue weighted by molar-refractivity contribution is -0.184. The molecule has 182 valence electrons. The summed E-state index contributed by atoms with van der Waals surface area (Å²) in [4.78, 5) is 38.9. The fourth-order valence-electron chi connectivity index (χ4n) is 7.85. The van der Waals surface area contributed by atoms with E-state index in [2.05, 4.69) is 0 Å². The second-order valence-corrected chi connectivity index (χ2v) is 12.6. The van der Waals surface area contributed by atoms with Crippen LogP contribution in [0.2, 0.25) is 0 Å². The van der Waals surface area contributed by atoms with Crippen molar-refractivity contribution in [2.45, 2.75) is 75.8 Å². The summed E-state index contributed by atoms with van der Waals surface area (Å²) < 4.78 is 52.9. The van der Waals surface area contributed by atoms with Crippen LogP contribution in [0.5, 0.6) is 0 Å². The standard InChI is InChI=1S/C22H28O10S/c23-18(21-7-11-4-12(8-21)6-13(5-11)9-21)31-15-14-10-22(17(30-14)16(15)32-20(22)25)19(24)29-2-1-3-33(26,27)28/h11-17H,1-10H2,(H,26,27,28). The first-order chi connectivity index (χ1) is 15.6. The predicted molar refractivity (Wildman–Crippen MR) is 108 cm³/mol. The average molecular weight is 485 g/mol. The Kier molecular flexibility index (Phi) is 4.72. The summed E-state index contributed by atoms with van der Waals surface area (Å²) in [6.07, 6.45) is 3.02. The summed E-state index contributed by atoms with van der Waals surface area (Å²) in [5.74, 6) is -0.584. The summed E-state index contributed by atoms with van der Waals surface area (Å²) in [6.45, 7) is -0.264. The Morgan fingerprint density at radius 2 is 1.67 bits per heavy atom. The molecule has 0 aromatic heterocycles. The van der Waals surface area contributed by atoms with Gasteiger partial charge >= 0.3 is 17.9 Å². The maximum atomic E-state index is 13.4. The number of esters is 3. The van der Waals surface area contributed by atoms with Crippen LogP contribution in [0, 0.1) is 28.6 Å². The number of ether oxygens (including phenoxy) is 4. The maximum absolute atomic E-state index is 13.4. The molecule has 0 aromatic rings. The van der Waals surface area contributed by atoms with Crippen LogP contribution in [0.4, 0.5) is 0 Å². The molecule has 0 spiro atoms. The Balaban J connectivity index is 1.12. The summed E-state index contributed by atoms with van der Waals surface area (Å²) in [7, 11) is -4.16. The number of hydrogen-bond acceptors (Lipinski definition) is 9. The molecular weight excluding hydrogens is 456 g/mol. The van der Waals surface area contributed by atoms with Crippen LogP contribution in [0.1, 0.15) is 51.4 Å². The lowest BCUT2D eigenvalue weighted by Crippen LogP contribution is -2.53. The normalized spacial score (nSPS) is 46.5. The number of carbonyl (C=O) groups is 3. The third-order valence-corrected chi connectivity index (χ3v) is 9.59. The van der Waals surface area contributed by atoms with E-state index in [0.717, 1.165) is 19.3 Å². The minimum atomic E-state index is -4.16. The molecule has 0 radical (unpaired) electrons. The van der Waals surface area contributed by atoms with E-state index in [1.807, 2.05) is 0 Å². The van der Waals surface area contributed by atoms with E-state index >= 15 is 0 Å². The van der Waals surface area contributed by atoms with Gasteiger partial charge < -0.3 is 18.9 Å². The van der Waals surface area contributed by atoms with Gasteiger partial charge in [0.1, 0.15) is 12.2 Å². The molecule has 5 atom stereocenters. The molecule has 0 aromatic carbocycles. The van der Waals surface area contributed by atoms with Crippen molar-refractivity contribution in [3.63, 3.8) is 0 Å². The van der Waals surface area contributed by atoms with Crippen LogP contribution in [0.15, 0.2) is 0 Å². The summed E-state index contributed by atoms with van der Waals surface area (Å²) in [5, 5.41) is 0. The van der Waals surface area contributed by atoms with E-state index < -0.39 is 63.1 Å². The Hall–Kier alpha value is -1.72. The first kappa shape index (κ1) is 21.8. The zero-order valence-electron chi connectivity index (χ0n) is 18.1. The molecule has 7 aliphatic rings. The quantitative estimate of drug-likeness (QED) is 0.183. The SMILES string of the molecule is O=C(OC1C2CC3(C(=O)OCCCS(=O)(=O)O)C(=O)OC1C3O2)C12CC3CC(CC(C3)C1)C2. The second-order valence-electron chi connectivity index (χ2n) is 11.0. The Morgan fingerprint density at radius 1 is 1.03 bits per heavy atom. The van der Waals surface area contributed by atoms with Crippen molar-refractivity contribution in [1.82, 2.24) is 0 Å². The van der Waals surface area contributed by atoms with Gasteiger partial charge in [-0.05, 0) is 62.7 Å². The Bertz CT molecular complexity index is 969. The van der Waals surface area contributed by atoms with Gasteiger partial charge in [-0.15, -0.1) is 0 Å². The topological polar surface area (TPSA) is 142 Å². The van der Waals surface area contributed by atoms with Gasteiger partial charge in [0.2, 0.25) is 0 Å². The molecule has 11 heteroatoms. The highest BCUT2D eigenvalue weighted by Crippen LogP contribution is 2.61. The van der Waals surface area contributed by atoms with Gasteiger partial charge in [-0.3, -0.25) is 18.9 Å². The van der Waals surface area contributed by atoms with Crippen molar-refractivity contribution >= 4 is 28.0 Å². The van der Waals surface area contributed by atoms with Crippen molar-refractivity contribution in [2.75, 3.05) is 12.4 Å². The molecule has 3 heterocycles. The molecule has 7 rings (SSSR count). The second kappa shape index (κ2) is 7.14. The van der Waals surface area contributed by atoms with E-state index in [0.29, 0.717) is 17.8 Å². The smallest absolute Gasteiger partial charge is 0.326 e. The summed E-state index contributed by atoms with van der Waals surface area (Å²) in [5.41, 5.74) is -2.06. The van der Waals surface area contributed by atoms with E-state index in [-0.39, 0.29) is 25.4 Å². The van der Waals surface area contributed by atoms with Gasteiger partial charge in [0.15, 0.2) is 17.6 Å². The zero-order chi connectivity index (χ0) is 23.2. The molecule has 4 aliphatic carbocycles. The first-order valence-corrected chi connectivity index (χ1v) is 13.4. The summed E-state index contributed by atoms with van der Waals surface area (Å²) in [6, 6.07) is 0. The first-order valence-electron chi connectivity index (χ1n) is 11.8. The van der Waals surface area contributed by atoms with Crippen LogP contribution in [0.25, 0.3) is 0 Å². The molecule has 1 N–H and O–H groups in total. The molecule has 6 bridgehead atoms. The van der Waals surface area contributed by atoms with Crippen LogP contribution >= 0.6 is 0 Å². The molecular formula is C22H28O10S. The third-order valence-electron chi connectivity index (χ3n) is 8.78. The minimum Gasteiger partial charge on any atom is -0.465 e. The van der Waals surface area contributed by atoms with Gasteiger partial charge in [0, 0.05) is 6.42 Å². The van der Waals surface area contributed by atoms with E-state index in [1.54, 1.807) is 0 Å². The fourth-order valence-corrected chi connectivity index (χ4v) is 8.33. The molecule has 33 heavy (non-hydrogen) atoms. The molecule has 7 fully saturated rings. The Labute approximate surface area is 191 Å². The number of hydrogen-bond donors (Lipinski definition) is 1. The van der Waals surface area contributed by atoms with Crippen LogP contribution < -0.4 is 0 Å². The highest BCUT2D eigenvalue weighted by molar-refractivity contribution is 7.85. The minimum absolute atomic E-state index is 0.00293. The molecule has 3 saturated heterocycles. The number of carbonyl (C=O) groups excluding carboxylic acids is 3. The van der Waals surface area contributed by atoms with Crippen molar-refractivity contribution in [3.05, 3.63) is 0 Å². The lowest BCUT2D eigenvalue weighted by atomic mass is 9.49. The van der Waals surface area contributed by atoms with Gasteiger partial charge in [-0.2, -0.15) is 8.42 Å². The predicted octanol–water partition coefficient (Wildman–Crippen LogP) is 1.02.